The number of β-amino-alcohol motifs (C(OH)–C–C–N with tert-alkyl or cyclic N) is 1. The van der Waals surface area contributed by atoms with Crippen molar-refractivity contribution in [1.29, 1.82) is 0 Å². The third-order valence-electron chi connectivity index (χ3n) is 3.47. The van der Waals surface area contributed by atoms with Crippen LogP contribution in [0.25, 0.3) is 0 Å². The molecular formula is C14H21NO. The van der Waals surface area contributed by atoms with Crippen molar-refractivity contribution < 1.29 is 5.11 Å². The molecule has 1 fully saturated rings. The molecule has 2 rings (SSSR count). The lowest BCUT2D eigenvalue weighted by atomic mass is 9.82. The Morgan fingerprint density at radius 1 is 1.31 bits per heavy atom. The predicted octanol–water partition coefficient (Wildman–Crippen LogP) is 2.25. The van der Waals surface area contributed by atoms with Crippen LogP contribution in [0.4, 0.5) is 0 Å². The molecule has 0 aliphatic carbocycles. The highest BCUT2D eigenvalue weighted by Gasteiger charge is 2.26. The molecule has 1 heterocycles. The van der Waals surface area contributed by atoms with Crippen LogP contribution in [0.15, 0.2) is 24.3 Å². The molecule has 0 aromatic heterocycles. The third kappa shape index (κ3) is 2.28. The quantitative estimate of drug-likeness (QED) is 0.799. The zero-order valence-electron chi connectivity index (χ0n) is 10.1. The van der Waals surface area contributed by atoms with Gasteiger partial charge in [0.15, 0.2) is 0 Å². The predicted molar refractivity (Wildman–Crippen MR) is 66.8 cm³/mol. The number of piperidine rings is 1. The number of hydrogen-bond acceptors (Lipinski definition) is 2. The van der Waals surface area contributed by atoms with Gasteiger partial charge in [-0.1, -0.05) is 38.1 Å². The van der Waals surface area contributed by atoms with Gasteiger partial charge in [0.25, 0.3) is 0 Å². The largest absolute Gasteiger partial charge is 0.391 e. The minimum atomic E-state index is -0.242. The molecule has 16 heavy (non-hydrogen) atoms. The summed E-state index contributed by atoms with van der Waals surface area (Å²) in [5, 5.41) is 13.3. The van der Waals surface area contributed by atoms with Crippen LogP contribution in [0, 0.1) is 0 Å². The average molecular weight is 219 g/mol. The van der Waals surface area contributed by atoms with Crippen molar-refractivity contribution in [3.05, 3.63) is 35.4 Å². The molecule has 1 aromatic rings. The molecule has 2 nitrogen and oxygen atoms in total. The van der Waals surface area contributed by atoms with Crippen molar-refractivity contribution in [3.8, 4) is 0 Å². The molecule has 1 aliphatic rings. The Labute approximate surface area is 97.7 Å². The highest BCUT2D eigenvalue weighted by atomic mass is 16.3. The maximum absolute atomic E-state index is 10.1. The fourth-order valence-electron chi connectivity index (χ4n) is 2.58. The molecule has 0 bridgehead atoms. The summed E-state index contributed by atoms with van der Waals surface area (Å²) in [6, 6.07) is 8.53. The first kappa shape index (κ1) is 11.6. The Morgan fingerprint density at radius 3 is 2.75 bits per heavy atom. The van der Waals surface area contributed by atoms with Crippen molar-refractivity contribution in [2.24, 2.45) is 0 Å². The Kier molecular flexibility index (Phi) is 3.62. The summed E-state index contributed by atoms with van der Waals surface area (Å²) in [5.41, 5.74) is 2.72. The van der Waals surface area contributed by atoms with Gasteiger partial charge in [-0.25, -0.2) is 0 Å². The van der Waals surface area contributed by atoms with Crippen LogP contribution in [0.5, 0.6) is 0 Å². The van der Waals surface area contributed by atoms with E-state index in [9.17, 15) is 5.11 Å². The molecular weight excluding hydrogens is 198 g/mol. The van der Waals surface area contributed by atoms with E-state index in [1.54, 1.807) is 0 Å². The SMILES string of the molecule is CC(C)c1ccccc1C1CCNCC1O. The van der Waals surface area contributed by atoms with Gasteiger partial charge in [0.05, 0.1) is 6.10 Å². The van der Waals surface area contributed by atoms with Gasteiger partial charge in [-0.3, -0.25) is 0 Å². The molecule has 0 spiro atoms. The summed E-state index contributed by atoms with van der Waals surface area (Å²) >= 11 is 0. The number of nitrogens with one attached hydrogen (secondary N) is 1. The molecule has 2 heteroatoms. The standard InChI is InChI=1S/C14H21NO/c1-10(2)11-5-3-4-6-12(11)13-7-8-15-9-14(13)16/h3-6,10,13-16H,7-9H2,1-2H3. The second-order valence-corrected chi connectivity index (χ2v) is 4.95. The smallest absolute Gasteiger partial charge is 0.0733 e. The topological polar surface area (TPSA) is 32.3 Å². The van der Waals surface area contributed by atoms with Gasteiger partial charge in [-0.15, -0.1) is 0 Å². The summed E-state index contributed by atoms with van der Waals surface area (Å²) in [4.78, 5) is 0. The van der Waals surface area contributed by atoms with Crippen LogP contribution in [0.3, 0.4) is 0 Å². The summed E-state index contributed by atoms with van der Waals surface area (Å²) in [6.07, 6.45) is 0.791. The second-order valence-electron chi connectivity index (χ2n) is 4.95. The van der Waals surface area contributed by atoms with Gasteiger partial charge >= 0.3 is 0 Å². The fourth-order valence-corrected chi connectivity index (χ4v) is 2.58. The van der Waals surface area contributed by atoms with Gasteiger partial charge in [-0.2, -0.15) is 0 Å². The van der Waals surface area contributed by atoms with Gasteiger partial charge < -0.3 is 10.4 Å². The number of benzene rings is 1. The van der Waals surface area contributed by atoms with Gasteiger partial charge in [0.2, 0.25) is 0 Å². The van der Waals surface area contributed by atoms with Crippen molar-refractivity contribution in [2.75, 3.05) is 13.1 Å². The molecule has 1 aromatic carbocycles. The molecule has 1 aliphatic heterocycles. The molecule has 0 amide bonds. The lowest BCUT2D eigenvalue weighted by molar-refractivity contribution is 0.118. The lowest BCUT2D eigenvalue weighted by Gasteiger charge is -2.30. The first-order valence-electron chi connectivity index (χ1n) is 6.17. The summed E-state index contributed by atoms with van der Waals surface area (Å²) < 4.78 is 0. The zero-order chi connectivity index (χ0) is 11.5. The van der Waals surface area contributed by atoms with Gasteiger partial charge in [-0.05, 0) is 30.0 Å². The van der Waals surface area contributed by atoms with Crippen LogP contribution >= 0.6 is 0 Å². The van der Waals surface area contributed by atoms with Crippen LogP contribution in [-0.4, -0.2) is 24.3 Å². The minimum absolute atomic E-state index is 0.242. The molecule has 2 atom stereocenters. The third-order valence-corrected chi connectivity index (χ3v) is 3.47. The normalized spacial score (nSPS) is 26.0. The highest BCUT2D eigenvalue weighted by molar-refractivity contribution is 5.34. The van der Waals surface area contributed by atoms with Crippen LogP contribution in [0.1, 0.15) is 43.2 Å². The molecule has 0 saturated carbocycles. The Hall–Kier alpha value is -0.860. The second kappa shape index (κ2) is 4.98. The van der Waals surface area contributed by atoms with E-state index in [1.807, 2.05) is 0 Å². The first-order chi connectivity index (χ1) is 7.70. The maximum atomic E-state index is 10.1. The molecule has 1 saturated heterocycles. The van der Waals surface area contributed by atoms with Crippen LogP contribution < -0.4 is 5.32 Å². The summed E-state index contributed by atoms with van der Waals surface area (Å²) in [5.74, 6) is 0.832. The van der Waals surface area contributed by atoms with Gasteiger partial charge in [0, 0.05) is 12.5 Å². The first-order valence-corrected chi connectivity index (χ1v) is 6.17. The average Bonchev–Trinajstić information content (AvgIpc) is 2.29. The number of rotatable bonds is 2. The Morgan fingerprint density at radius 2 is 2.06 bits per heavy atom. The molecule has 2 unspecified atom stereocenters. The highest BCUT2D eigenvalue weighted by Crippen LogP contribution is 2.31. The van der Waals surface area contributed by atoms with Crippen molar-refractivity contribution >= 4 is 0 Å². The monoisotopic (exact) mass is 219 g/mol. The zero-order valence-corrected chi connectivity index (χ0v) is 10.1. The van der Waals surface area contributed by atoms with Crippen molar-refractivity contribution in [2.45, 2.75) is 38.2 Å². The Balaban J connectivity index is 2.31. The minimum Gasteiger partial charge on any atom is -0.391 e. The molecule has 0 radical (unpaired) electrons. The van der Waals surface area contributed by atoms with Crippen molar-refractivity contribution in [3.63, 3.8) is 0 Å². The van der Waals surface area contributed by atoms with E-state index in [-0.39, 0.29) is 6.10 Å². The molecule has 2 N–H and O–H groups in total. The van der Waals surface area contributed by atoms with E-state index in [2.05, 4.69) is 43.4 Å². The summed E-state index contributed by atoms with van der Waals surface area (Å²) in [7, 11) is 0. The Bertz CT molecular complexity index is 348. The maximum Gasteiger partial charge on any atom is 0.0733 e. The number of aliphatic hydroxyl groups is 1. The van der Waals surface area contributed by atoms with E-state index >= 15 is 0 Å². The lowest BCUT2D eigenvalue weighted by Crippen LogP contribution is -2.39. The van der Waals surface area contributed by atoms with Crippen LogP contribution in [0.2, 0.25) is 0 Å². The van der Waals surface area contributed by atoms with E-state index < -0.39 is 0 Å². The van der Waals surface area contributed by atoms with Crippen molar-refractivity contribution in [1.82, 2.24) is 5.32 Å². The van der Waals surface area contributed by atoms with E-state index in [1.165, 1.54) is 11.1 Å². The van der Waals surface area contributed by atoms with Gasteiger partial charge in [0.1, 0.15) is 0 Å². The van der Waals surface area contributed by atoms with E-state index in [0.717, 1.165) is 19.5 Å². The summed E-state index contributed by atoms with van der Waals surface area (Å²) in [6.45, 7) is 6.16. The molecule has 88 valence electrons. The van der Waals surface area contributed by atoms with Crippen LogP contribution in [-0.2, 0) is 0 Å². The number of aliphatic hydroxyl groups excluding tert-OH is 1. The van der Waals surface area contributed by atoms with E-state index in [0.29, 0.717) is 11.8 Å². The van der Waals surface area contributed by atoms with E-state index in [4.69, 9.17) is 0 Å². The number of hydrogen-bond donors (Lipinski definition) is 2. The fraction of sp³-hybridized carbons (Fsp3) is 0.571.